The van der Waals surface area contributed by atoms with E-state index in [1.54, 1.807) is 0 Å². The molecule has 0 aromatic carbocycles. The van der Waals surface area contributed by atoms with Gasteiger partial charge in [0.2, 0.25) is 0 Å². The molecule has 0 aromatic heterocycles. The van der Waals surface area contributed by atoms with Crippen molar-refractivity contribution in [1.29, 1.82) is 0 Å². The highest BCUT2D eigenvalue weighted by Crippen LogP contribution is 2.03. The van der Waals surface area contributed by atoms with Crippen LogP contribution in [-0.4, -0.2) is 24.6 Å². The Hall–Kier alpha value is 0.310. The highest BCUT2D eigenvalue weighted by atomic mass is 32.2. The molecule has 0 heterocycles. The van der Waals surface area contributed by atoms with E-state index >= 15 is 0 Å². The van der Waals surface area contributed by atoms with Crippen molar-refractivity contribution in [2.24, 2.45) is 0 Å². The van der Waals surface area contributed by atoms with Crippen molar-refractivity contribution >= 4 is 11.8 Å². The van der Waals surface area contributed by atoms with Gasteiger partial charge in [-0.15, -0.1) is 0 Å². The summed E-state index contributed by atoms with van der Waals surface area (Å²) >= 11 is 1.95. The van der Waals surface area contributed by atoms with E-state index in [1.165, 1.54) is 38.0 Å². The lowest BCUT2D eigenvalue weighted by Gasteiger charge is -2.06. The van der Waals surface area contributed by atoms with Crippen molar-refractivity contribution in [3.8, 4) is 0 Å². The van der Waals surface area contributed by atoms with Gasteiger partial charge in [-0.25, -0.2) is 0 Å². The van der Waals surface area contributed by atoms with Crippen molar-refractivity contribution in [3.05, 3.63) is 0 Å². The maximum absolute atomic E-state index is 3.43. The molecule has 0 aliphatic rings. The summed E-state index contributed by atoms with van der Waals surface area (Å²) in [5.74, 6) is 1.33. The summed E-state index contributed by atoms with van der Waals surface area (Å²) in [4.78, 5) is 0. The van der Waals surface area contributed by atoms with Crippen molar-refractivity contribution < 1.29 is 0 Å². The van der Waals surface area contributed by atoms with Gasteiger partial charge in [-0.1, -0.05) is 26.7 Å². The molecular formula is C10H23NS. The van der Waals surface area contributed by atoms with Crippen LogP contribution in [0.15, 0.2) is 0 Å². The highest BCUT2D eigenvalue weighted by molar-refractivity contribution is 7.98. The molecule has 0 unspecified atom stereocenters. The maximum Gasteiger partial charge on any atom is 0.00103 e. The van der Waals surface area contributed by atoms with Crippen molar-refractivity contribution in [1.82, 2.24) is 5.32 Å². The number of unbranched alkanes of at least 4 members (excludes halogenated alkanes) is 3. The molecule has 1 N–H and O–H groups in total. The van der Waals surface area contributed by atoms with Crippen LogP contribution < -0.4 is 5.32 Å². The minimum absolute atomic E-state index is 0.649. The van der Waals surface area contributed by atoms with Crippen LogP contribution >= 0.6 is 11.8 Å². The molecule has 2 heteroatoms. The second-order valence-electron chi connectivity index (χ2n) is 3.52. The van der Waals surface area contributed by atoms with Crippen LogP contribution in [0.2, 0.25) is 0 Å². The van der Waals surface area contributed by atoms with E-state index in [0.29, 0.717) is 6.04 Å². The Bertz CT molecular complexity index is 83.9. The summed E-state index contributed by atoms with van der Waals surface area (Å²) in [7, 11) is 0. The topological polar surface area (TPSA) is 12.0 Å². The molecule has 0 spiro atoms. The van der Waals surface area contributed by atoms with Crippen LogP contribution in [0.25, 0.3) is 0 Å². The molecule has 0 aliphatic carbocycles. The van der Waals surface area contributed by atoms with Gasteiger partial charge in [-0.3, -0.25) is 0 Å². The SMILES string of the molecule is CSCCCCCCNC(C)C. The van der Waals surface area contributed by atoms with Crippen molar-refractivity contribution in [3.63, 3.8) is 0 Å². The minimum atomic E-state index is 0.649. The summed E-state index contributed by atoms with van der Waals surface area (Å²) in [6.45, 7) is 5.60. The largest absolute Gasteiger partial charge is 0.315 e. The molecule has 0 radical (unpaired) electrons. The molecule has 1 nitrogen and oxygen atoms in total. The number of nitrogens with one attached hydrogen (secondary N) is 1. The molecule has 0 rings (SSSR count). The molecule has 0 fully saturated rings. The van der Waals surface area contributed by atoms with Gasteiger partial charge in [0.05, 0.1) is 0 Å². The molecule has 0 saturated carbocycles. The van der Waals surface area contributed by atoms with Gasteiger partial charge in [-0.05, 0) is 31.4 Å². The third-order valence-corrected chi connectivity index (χ3v) is 2.52. The van der Waals surface area contributed by atoms with Crippen molar-refractivity contribution in [2.45, 2.75) is 45.6 Å². The molecule has 0 aromatic rings. The number of thioether (sulfide) groups is 1. The molecule has 0 aliphatic heterocycles. The van der Waals surface area contributed by atoms with Crippen molar-refractivity contribution in [2.75, 3.05) is 18.6 Å². The third-order valence-electron chi connectivity index (χ3n) is 1.83. The Morgan fingerprint density at radius 3 is 2.33 bits per heavy atom. The highest BCUT2D eigenvalue weighted by Gasteiger charge is 1.92. The standard InChI is InChI=1S/C10H23NS/c1-10(2)11-8-6-4-5-7-9-12-3/h10-11H,4-9H2,1-3H3. The molecule has 0 amide bonds. The third kappa shape index (κ3) is 10.3. The Morgan fingerprint density at radius 2 is 1.75 bits per heavy atom. The fourth-order valence-corrected chi connectivity index (χ4v) is 1.61. The van der Waals surface area contributed by atoms with E-state index in [9.17, 15) is 0 Å². The summed E-state index contributed by atoms with van der Waals surface area (Å²) in [5, 5.41) is 3.43. The fourth-order valence-electron chi connectivity index (χ4n) is 1.12. The monoisotopic (exact) mass is 189 g/mol. The first kappa shape index (κ1) is 12.3. The quantitative estimate of drug-likeness (QED) is 0.589. The average molecular weight is 189 g/mol. The average Bonchev–Trinajstić information content (AvgIpc) is 2.02. The number of hydrogen-bond donors (Lipinski definition) is 1. The van der Waals surface area contributed by atoms with Crippen LogP contribution in [0.3, 0.4) is 0 Å². The normalized spacial score (nSPS) is 11.0. The predicted octanol–water partition coefficient (Wildman–Crippen LogP) is 2.91. The van der Waals surface area contributed by atoms with Gasteiger partial charge in [0.25, 0.3) is 0 Å². The lowest BCUT2D eigenvalue weighted by Crippen LogP contribution is -2.23. The van der Waals surface area contributed by atoms with E-state index < -0.39 is 0 Å². The smallest absolute Gasteiger partial charge is 0.00103 e. The Labute approximate surface area is 81.7 Å². The van der Waals surface area contributed by atoms with E-state index in [-0.39, 0.29) is 0 Å². The van der Waals surface area contributed by atoms with E-state index in [2.05, 4.69) is 25.4 Å². The van der Waals surface area contributed by atoms with Gasteiger partial charge in [0, 0.05) is 6.04 Å². The first-order chi connectivity index (χ1) is 5.77. The second-order valence-corrected chi connectivity index (χ2v) is 4.50. The maximum atomic E-state index is 3.43. The zero-order valence-corrected chi connectivity index (χ0v) is 9.54. The summed E-state index contributed by atoms with van der Waals surface area (Å²) in [5.41, 5.74) is 0. The van der Waals surface area contributed by atoms with Crippen LogP contribution in [0.5, 0.6) is 0 Å². The van der Waals surface area contributed by atoms with Gasteiger partial charge in [-0.2, -0.15) is 11.8 Å². The van der Waals surface area contributed by atoms with E-state index in [1.807, 2.05) is 11.8 Å². The van der Waals surface area contributed by atoms with Crippen LogP contribution in [-0.2, 0) is 0 Å². The van der Waals surface area contributed by atoms with E-state index in [0.717, 1.165) is 0 Å². The molecular weight excluding hydrogens is 166 g/mol. The zero-order valence-electron chi connectivity index (χ0n) is 8.73. The lowest BCUT2D eigenvalue weighted by molar-refractivity contribution is 0.547. The summed E-state index contributed by atoms with van der Waals surface area (Å²) in [6, 6.07) is 0.649. The summed E-state index contributed by atoms with van der Waals surface area (Å²) in [6.07, 6.45) is 7.70. The van der Waals surface area contributed by atoms with Gasteiger partial charge in [0.1, 0.15) is 0 Å². The Balaban J connectivity index is 2.82. The minimum Gasteiger partial charge on any atom is -0.315 e. The predicted molar refractivity (Wildman–Crippen MR) is 60.0 cm³/mol. The molecule has 74 valence electrons. The van der Waals surface area contributed by atoms with Crippen LogP contribution in [0.1, 0.15) is 39.5 Å². The van der Waals surface area contributed by atoms with Gasteiger partial charge >= 0.3 is 0 Å². The first-order valence-electron chi connectivity index (χ1n) is 4.99. The fraction of sp³-hybridized carbons (Fsp3) is 1.00. The van der Waals surface area contributed by atoms with E-state index in [4.69, 9.17) is 0 Å². The molecule has 12 heavy (non-hydrogen) atoms. The van der Waals surface area contributed by atoms with Crippen LogP contribution in [0, 0.1) is 0 Å². The van der Waals surface area contributed by atoms with Gasteiger partial charge in [0.15, 0.2) is 0 Å². The Kier molecular flexibility index (Phi) is 9.64. The van der Waals surface area contributed by atoms with Gasteiger partial charge < -0.3 is 5.32 Å². The number of rotatable bonds is 8. The molecule has 0 atom stereocenters. The molecule has 0 bridgehead atoms. The van der Waals surface area contributed by atoms with Crippen LogP contribution in [0.4, 0.5) is 0 Å². The zero-order chi connectivity index (χ0) is 9.23. The Morgan fingerprint density at radius 1 is 1.08 bits per heavy atom. The summed E-state index contributed by atoms with van der Waals surface area (Å²) < 4.78 is 0. The number of hydrogen-bond acceptors (Lipinski definition) is 2. The second kappa shape index (κ2) is 9.40. The lowest BCUT2D eigenvalue weighted by atomic mass is 10.2. The molecule has 0 saturated heterocycles. The first-order valence-corrected chi connectivity index (χ1v) is 6.39.